The molecule has 1 aliphatic heterocycles. The maximum Gasteiger partial charge on any atom is 0.244 e. The number of hydrogen-bond acceptors (Lipinski definition) is 5. The molecule has 2 amide bonds. The summed E-state index contributed by atoms with van der Waals surface area (Å²) in [6, 6.07) is 12.4. The van der Waals surface area contributed by atoms with Gasteiger partial charge in [0.15, 0.2) is 11.5 Å². The van der Waals surface area contributed by atoms with Crippen LogP contribution in [0, 0.1) is 0 Å². The van der Waals surface area contributed by atoms with Crippen LogP contribution in [0.3, 0.4) is 0 Å². The molecule has 0 bridgehead atoms. The number of carbonyl (C=O) groups is 2. The molecule has 0 fully saturated rings. The number of amides is 2. The van der Waals surface area contributed by atoms with Crippen molar-refractivity contribution in [1.82, 2.24) is 0 Å². The zero-order valence-corrected chi connectivity index (χ0v) is 15.4. The van der Waals surface area contributed by atoms with Crippen LogP contribution in [-0.4, -0.2) is 38.2 Å². The molecular weight excluding hydrogens is 348 g/mol. The molecule has 0 saturated heterocycles. The average molecular weight is 370 g/mol. The van der Waals surface area contributed by atoms with Gasteiger partial charge in [-0.05, 0) is 31.2 Å². The summed E-state index contributed by atoms with van der Waals surface area (Å²) in [5, 5.41) is 2.80. The van der Waals surface area contributed by atoms with Gasteiger partial charge in [-0.2, -0.15) is 0 Å². The van der Waals surface area contributed by atoms with Crippen LogP contribution in [0.5, 0.6) is 17.2 Å². The minimum Gasteiger partial charge on any atom is -0.492 e. The Morgan fingerprint density at radius 1 is 1.11 bits per heavy atom. The smallest absolute Gasteiger partial charge is 0.244 e. The van der Waals surface area contributed by atoms with Crippen LogP contribution < -0.4 is 24.4 Å². The van der Waals surface area contributed by atoms with Gasteiger partial charge in [0.2, 0.25) is 11.8 Å². The number of nitrogens with zero attached hydrogens (tertiary/aromatic N) is 1. The molecule has 1 N–H and O–H groups in total. The van der Waals surface area contributed by atoms with Gasteiger partial charge in [0.05, 0.1) is 12.3 Å². The van der Waals surface area contributed by atoms with Gasteiger partial charge in [-0.25, -0.2) is 0 Å². The normalized spacial score (nSPS) is 12.2. The molecule has 0 atom stereocenters. The van der Waals surface area contributed by atoms with Crippen molar-refractivity contribution < 1.29 is 23.8 Å². The largest absolute Gasteiger partial charge is 0.492 e. The fraction of sp³-hybridized carbons (Fsp3) is 0.300. The fourth-order valence-electron chi connectivity index (χ4n) is 2.77. The first-order chi connectivity index (χ1) is 13.1. The van der Waals surface area contributed by atoms with Gasteiger partial charge in [0.1, 0.15) is 25.5 Å². The van der Waals surface area contributed by atoms with Crippen LogP contribution in [-0.2, 0) is 9.59 Å². The van der Waals surface area contributed by atoms with Gasteiger partial charge in [-0.1, -0.05) is 12.1 Å². The van der Waals surface area contributed by atoms with Gasteiger partial charge < -0.3 is 24.4 Å². The molecule has 2 aromatic rings. The van der Waals surface area contributed by atoms with Crippen LogP contribution in [0.4, 0.5) is 11.4 Å². The Labute approximate surface area is 157 Å². The van der Waals surface area contributed by atoms with Gasteiger partial charge in [0.25, 0.3) is 0 Å². The van der Waals surface area contributed by atoms with E-state index in [1.807, 2.05) is 19.1 Å². The van der Waals surface area contributed by atoms with Gasteiger partial charge >= 0.3 is 0 Å². The summed E-state index contributed by atoms with van der Waals surface area (Å²) in [6.07, 6.45) is 0. The molecule has 27 heavy (non-hydrogen) atoms. The molecule has 0 spiro atoms. The predicted molar refractivity (Wildman–Crippen MR) is 102 cm³/mol. The maximum atomic E-state index is 12.5. The summed E-state index contributed by atoms with van der Waals surface area (Å²) >= 11 is 0. The number of para-hydroxylation sites is 2. The first-order valence-electron chi connectivity index (χ1n) is 8.78. The molecule has 0 radical (unpaired) electrons. The van der Waals surface area contributed by atoms with E-state index in [-0.39, 0.29) is 18.4 Å². The van der Waals surface area contributed by atoms with Crippen LogP contribution in [0.2, 0.25) is 0 Å². The van der Waals surface area contributed by atoms with E-state index in [1.165, 1.54) is 11.8 Å². The average Bonchev–Trinajstić information content (AvgIpc) is 2.67. The van der Waals surface area contributed by atoms with Crippen molar-refractivity contribution in [3.05, 3.63) is 42.5 Å². The number of anilines is 2. The monoisotopic (exact) mass is 370 g/mol. The number of carbonyl (C=O) groups excluding carboxylic acids is 2. The molecule has 0 unspecified atom stereocenters. The van der Waals surface area contributed by atoms with Crippen molar-refractivity contribution in [2.75, 3.05) is 36.6 Å². The molecule has 1 heterocycles. The highest BCUT2D eigenvalue weighted by Gasteiger charge is 2.20. The number of rotatable bonds is 6. The second-order valence-corrected chi connectivity index (χ2v) is 5.91. The van der Waals surface area contributed by atoms with E-state index in [4.69, 9.17) is 14.2 Å². The third-order valence-corrected chi connectivity index (χ3v) is 3.98. The van der Waals surface area contributed by atoms with Crippen molar-refractivity contribution in [1.29, 1.82) is 0 Å². The lowest BCUT2D eigenvalue weighted by molar-refractivity contribution is -0.120. The van der Waals surface area contributed by atoms with Crippen LogP contribution in [0.25, 0.3) is 0 Å². The van der Waals surface area contributed by atoms with Crippen LogP contribution in [0.1, 0.15) is 13.8 Å². The molecule has 0 aliphatic carbocycles. The molecule has 142 valence electrons. The van der Waals surface area contributed by atoms with E-state index in [9.17, 15) is 9.59 Å². The summed E-state index contributed by atoms with van der Waals surface area (Å²) in [7, 11) is 0. The lowest BCUT2D eigenvalue weighted by Gasteiger charge is -2.24. The first kappa shape index (κ1) is 18.6. The van der Waals surface area contributed by atoms with Crippen LogP contribution >= 0.6 is 0 Å². The topological polar surface area (TPSA) is 77.1 Å². The van der Waals surface area contributed by atoms with Gasteiger partial charge in [-0.15, -0.1) is 0 Å². The molecule has 0 aromatic heterocycles. The maximum absolute atomic E-state index is 12.5. The highest BCUT2D eigenvalue weighted by Crippen LogP contribution is 2.34. The highest BCUT2D eigenvalue weighted by molar-refractivity contribution is 6.02. The zero-order valence-electron chi connectivity index (χ0n) is 15.4. The van der Waals surface area contributed by atoms with E-state index < -0.39 is 0 Å². The fourth-order valence-corrected chi connectivity index (χ4v) is 2.77. The van der Waals surface area contributed by atoms with E-state index >= 15 is 0 Å². The number of ether oxygens (including phenoxy) is 3. The Morgan fingerprint density at radius 3 is 2.59 bits per heavy atom. The second kappa shape index (κ2) is 8.44. The molecule has 0 saturated carbocycles. The summed E-state index contributed by atoms with van der Waals surface area (Å²) in [5.74, 6) is 1.20. The number of nitrogens with one attached hydrogen (secondary N) is 1. The Kier molecular flexibility index (Phi) is 5.80. The Morgan fingerprint density at radius 2 is 1.85 bits per heavy atom. The third kappa shape index (κ3) is 4.49. The Balaban J connectivity index is 1.75. The molecular formula is C20H22N2O5. The van der Waals surface area contributed by atoms with E-state index in [0.29, 0.717) is 48.4 Å². The number of hydrogen-bond donors (Lipinski definition) is 1. The minimum atomic E-state index is -0.327. The summed E-state index contributed by atoms with van der Waals surface area (Å²) in [6.45, 7) is 4.59. The van der Waals surface area contributed by atoms with Crippen molar-refractivity contribution in [2.24, 2.45) is 0 Å². The van der Waals surface area contributed by atoms with Crippen molar-refractivity contribution in [3.8, 4) is 17.2 Å². The van der Waals surface area contributed by atoms with Crippen molar-refractivity contribution in [3.63, 3.8) is 0 Å². The van der Waals surface area contributed by atoms with Crippen molar-refractivity contribution in [2.45, 2.75) is 13.8 Å². The predicted octanol–water partition coefficient (Wildman–Crippen LogP) is 2.85. The molecule has 7 nitrogen and oxygen atoms in total. The van der Waals surface area contributed by atoms with E-state index in [2.05, 4.69) is 5.32 Å². The van der Waals surface area contributed by atoms with E-state index in [1.54, 1.807) is 30.3 Å². The number of fused-ring (bicyclic) bond motifs is 1. The molecule has 1 aliphatic rings. The van der Waals surface area contributed by atoms with Gasteiger partial charge in [-0.3, -0.25) is 9.59 Å². The van der Waals surface area contributed by atoms with E-state index in [0.717, 1.165) is 0 Å². The Hall–Kier alpha value is -3.22. The van der Waals surface area contributed by atoms with Gasteiger partial charge in [0, 0.05) is 18.7 Å². The number of benzene rings is 2. The lowest BCUT2D eigenvalue weighted by Crippen LogP contribution is -2.36. The zero-order chi connectivity index (χ0) is 19.2. The molecule has 3 rings (SSSR count). The Bertz CT molecular complexity index is 837. The molecule has 2 aromatic carbocycles. The molecule has 7 heteroatoms. The summed E-state index contributed by atoms with van der Waals surface area (Å²) < 4.78 is 16.6. The second-order valence-electron chi connectivity index (χ2n) is 5.91. The quantitative estimate of drug-likeness (QED) is 0.846. The minimum absolute atomic E-state index is 0.130. The summed E-state index contributed by atoms with van der Waals surface area (Å²) in [5.41, 5.74) is 1.13. The summed E-state index contributed by atoms with van der Waals surface area (Å²) in [4.78, 5) is 26.0. The lowest BCUT2D eigenvalue weighted by atomic mass is 10.2. The van der Waals surface area contributed by atoms with Crippen LogP contribution in [0.15, 0.2) is 42.5 Å². The van der Waals surface area contributed by atoms with Crippen molar-refractivity contribution >= 4 is 23.2 Å². The first-order valence-corrected chi connectivity index (χ1v) is 8.78. The highest BCUT2D eigenvalue weighted by atomic mass is 16.6. The third-order valence-electron chi connectivity index (χ3n) is 3.98. The SMILES string of the molecule is CCOc1ccccc1NC(=O)CN(C(C)=O)c1ccc2c(c1)OCCO2. The standard InChI is InChI=1S/C20H22N2O5/c1-3-25-17-7-5-4-6-16(17)21-20(24)13-22(14(2)23)15-8-9-18-19(12-15)27-11-10-26-18/h4-9,12H,3,10-11,13H2,1-2H3,(H,21,24).